The Hall–Kier alpha value is -0.160. The maximum atomic E-state index is 9.58. The third-order valence-corrected chi connectivity index (χ3v) is 4.19. The normalized spacial score (nSPS) is 30.5. The van der Waals surface area contributed by atoms with Gasteiger partial charge in [0.05, 0.1) is 19.8 Å². The SMILES string of the molecule is CC1CCC(CO)(NCC(C)(CO)CO)CC1. The third-order valence-electron chi connectivity index (χ3n) is 4.19. The van der Waals surface area contributed by atoms with Crippen molar-refractivity contribution in [2.45, 2.75) is 45.1 Å². The van der Waals surface area contributed by atoms with E-state index in [4.69, 9.17) is 0 Å². The summed E-state index contributed by atoms with van der Waals surface area (Å²) in [7, 11) is 0. The van der Waals surface area contributed by atoms with Crippen LogP contribution in [0.5, 0.6) is 0 Å². The molecule has 17 heavy (non-hydrogen) atoms. The number of aliphatic hydroxyl groups is 3. The zero-order valence-corrected chi connectivity index (χ0v) is 11.1. The molecule has 0 aromatic rings. The highest BCUT2D eigenvalue weighted by atomic mass is 16.3. The molecule has 0 aromatic heterocycles. The summed E-state index contributed by atoms with van der Waals surface area (Å²) in [5, 5.41) is 31.5. The summed E-state index contributed by atoms with van der Waals surface area (Å²) in [4.78, 5) is 0. The first kappa shape index (κ1) is 14.9. The number of rotatable bonds is 6. The van der Waals surface area contributed by atoms with E-state index in [1.807, 2.05) is 6.92 Å². The van der Waals surface area contributed by atoms with E-state index in [-0.39, 0.29) is 25.4 Å². The Morgan fingerprint density at radius 2 is 1.71 bits per heavy atom. The highest BCUT2D eigenvalue weighted by Gasteiger charge is 2.35. The van der Waals surface area contributed by atoms with Crippen molar-refractivity contribution in [3.05, 3.63) is 0 Å². The molecule has 4 N–H and O–H groups in total. The summed E-state index contributed by atoms with van der Waals surface area (Å²) in [6.07, 6.45) is 4.19. The van der Waals surface area contributed by atoms with Gasteiger partial charge in [-0.05, 0) is 31.6 Å². The molecule has 0 spiro atoms. The fourth-order valence-electron chi connectivity index (χ4n) is 2.27. The molecule has 1 saturated carbocycles. The fraction of sp³-hybridized carbons (Fsp3) is 1.00. The van der Waals surface area contributed by atoms with E-state index in [1.165, 1.54) is 0 Å². The van der Waals surface area contributed by atoms with Crippen molar-refractivity contribution in [1.82, 2.24) is 5.32 Å². The lowest BCUT2D eigenvalue weighted by Crippen LogP contribution is -2.54. The molecule has 4 nitrogen and oxygen atoms in total. The van der Waals surface area contributed by atoms with Crippen LogP contribution in [0.1, 0.15) is 39.5 Å². The molecule has 0 heterocycles. The molecule has 4 heteroatoms. The van der Waals surface area contributed by atoms with E-state index in [2.05, 4.69) is 12.2 Å². The van der Waals surface area contributed by atoms with Crippen molar-refractivity contribution in [1.29, 1.82) is 0 Å². The molecule has 0 bridgehead atoms. The summed E-state index contributed by atoms with van der Waals surface area (Å²) in [5.74, 6) is 0.735. The van der Waals surface area contributed by atoms with Crippen LogP contribution in [-0.2, 0) is 0 Å². The van der Waals surface area contributed by atoms with Gasteiger partial charge in [-0.1, -0.05) is 13.8 Å². The first-order valence-corrected chi connectivity index (χ1v) is 6.57. The lowest BCUT2D eigenvalue weighted by atomic mass is 9.77. The molecule has 102 valence electrons. The third kappa shape index (κ3) is 3.91. The van der Waals surface area contributed by atoms with Crippen LogP contribution in [-0.4, -0.2) is 47.2 Å². The zero-order valence-electron chi connectivity index (χ0n) is 11.1. The first-order valence-electron chi connectivity index (χ1n) is 6.57. The van der Waals surface area contributed by atoms with Crippen molar-refractivity contribution < 1.29 is 15.3 Å². The molecule has 1 rings (SSSR count). The number of aliphatic hydroxyl groups excluding tert-OH is 3. The van der Waals surface area contributed by atoms with Gasteiger partial charge < -0.3 is 20.6 Å². The summed E-state index contributed by atoms with van der Waals surface area (Å²) >= 11 is 0. The summed E-state index contributed by atoms with van der Waals surface area (Å²) in [6, 6.07) is 0. The van der Waals surface area contributed by atoms with Crippen LogP contribution in [0.3, 0.4) is 0 Å². The average molecular weight is 245 g/mol. The number of hydrogen-bond donors (Lipinski definition) is 4. The van der Waals surface area contributed by atoms with Crippen LogP contribution in [0.15, 0.2) is 0 Å². The Kier molecular flexibility index (Phi) is 5.38. The Balaban J connectivity index is 2.52. The van der Waals surface area contributed by atoms with Gasteiger partial charge in [-0.25, -0.2) is 0 Å². The van der Waals surface area contributed by atoms with Gasteiger partial charge in [-0.15, -0.1) is 0 Å². The maximum absolute atomic E-state index is 9.58. The summed E-state index contributed by atoms with van der Waals surface area (Å²) in [6.45, 7) is 4.66. The summed E-state index contributed by atoms with van der Waals surface area (Å²) < 4.78 is 0. The van der Waals surface area contributed by atoms with E-state index in [0.717, 1.165) is 31.6 Å². The van der Waals surface area contributed by atoms with Gasteiger partial charge >= 0.3 is 0 Å². The largest absolute Gasteiger partial charge is 0.396 e. The van der Waals surface area contributed by atoms with Gasteiger partial charge in [-0.3, -0.25) is 0 Å². The quantitative estimate of drug-likeness (QED) is 0.550. The van der Waals surface area contributed by atoms with Crippen LogP contribution < -0.4 is 5.32 Å². The Labute approximate surface area is 104 Å². The molecule has 0 amide bonds. The van der Waals surface area contributed by atoms with Crippen molar-refractivity contribution in [3.63, 3.8) is 0 Å². The highest BCUT2D eigenvalue weighted by Crippen LogP contribution is 2.32. The van der Waals surface area contributed by atoms with E-state index in [9.17, 15) is 15.3 Å². The van der Waals surface area contributed by atoms with Crippen molar-refractivity contribution >= 4 is 0 Å². The predicted molar refractivity (Wildman–Crippen MR) is 67.7 cm³/mol. The molecule has 0 aliphatic heterocycles. The molecule has 1 aliphatic rings. The van der Waals surface area contributed by atoms with Crippen molar-refractivity contribution in [2.75, 3.05) is 26.4 Å². The van der Waals surface area contributed by atoms with Gasteiger partial charge in [0.2, 0.25) is 0 Å². The lowest BCUT2D eigenvalue weighted by Gasteiger charge is -2.41. The molecule has 1 fully saturated rings. The van der Waals surface area contributed by atoms with E-state index >= 15 is 0 Å². The van der Waals surface area contributed by atoms with Gasteiger partial charge in [-0.2, -0.15) is 0 Å². The zero-order chi connectivity index (χ0) is 12.9. The first-order chi connectivity index (χ1) is 7.99. The van der Waals surface area contributed by atoms with Crippen molar-refractivity contribution in [2.24, 2.45) is 11.3 Å². The average Bonchev–Trinajstić information content (AvgIpc) is 2.38. The monoisotopic (exact) mass is 245 g/mol. The van der Waals surface area contributed by atoms with E-state index in [1.54, 1.807) is 0 Å². The van der Waals surface area contributed by atoms with E-state index < -0.39 is 5.41 Å². The number of nitrogens with one attached hydrogen (secondary N) is 1. The van der Waals surface area contributed by atoms with Crippen LogP contribution in [0, 0.1) is 11.3 Å². The van der Waals surface area contributed by atoms with Crippen LogP contribution >= 0.6 is 0 Å². The molecule has 1 aliphatic carbocycles. The standard InChI is InChI=1S/C13H27NO3/c1-11-3-5-13(10-17,6-4-11)14-7-12(2,8-15)9-16/h11,14-17H,3-10H2,1-2H3. The van der Waals surface area contributed by atoms with Crippen LogP contribution in [0.2, 0.25) is 0 Å². The second kappa shape index (κ2) is 6.14. The number of hydrogen-bond acceptors (Lipinski definition) is 4. The van der Waals surface area contributed by atoms with Gasteiger partial charge in [0.1, 0.15) is 0 Å². The Morgan fingerprint density at radius 1 is 1.18 bits per heavy atom. The Morgan fingerprint density at radius 3 is 2.12 bits per heavy atom. The van der Waals surface area contributed by atoms with E-state index in [0.29, 0.717) is 6.54 Å². The topological polar surface area (TPSA) is 72.7 Å². The molecule has 0 saturated heterocycles. The Bertz CT molecular complexity index is 221. The van der Waals surface area contributed by atoms with Crippen LogP contribution in [0.4, 0.5) is 0 Å². The predicted octanol–water partition coefficient (Wildman–Crippen LogP) is 0.508. The minimum atomic E-state index is -0.509. The molecule has 0 radical (unpaired) electrons. The minimum absolute atomic E-state index is 0.0472. The molecular weight excluding hydrogens is 218 g/mol. The van der Waals surface area contributed by atoms with Gasteiger partial charge in [0.15, 0.2) is 0 Å². The van der Waals surface area contributed by atoms with Crippen molar-refractivity contribution in [3.8, 4) is 0 Å². The van der Waals surface area contributed by atoms with Gasteiger partial charge in [0.25, 0.3) is 0 Å². The highest BCUT2D eigenvalue weighted by molar-refractivity contribution is 4.93. The van der Waals surface area contributed by atoms with Crippen LogP contribution in [0.25, 0.3) is 0 Å². The summed E-state index contributed by atoms with van der Waals surface area (Å²) in [5.41, 5.74) is -0.719. The smallest absolute Gasteiger partial charge is 0.0613 e. The molecule has 0 aromatic carbocycles. The molecule has 0 unspecified atom stereocenters. The second-order valence-electron chi connectivity index (χ2n) is 6.10. The minimum Gasteiger partial charge on any atom is -0.396 e. The molecular formula is C13H27NO3. The molecule has 0 atom stereocenters. The fourth-order valence-corrected chi connectivity index (χ4v) is 2.27. The second-order valence-corrected chi connectivity index (χ2v) is 6.10. The van der Waals surface area contributed by atoms with Gasteiger partial charge in [0, 0.05) is 17.5 Å². The lowest BCUT2D eigenvalue weighted by molar-refractivity contribution is 0.0419. The maximum Gasteiger partial charge on any atom is 0.0613 e.